The number of nitrogens with zero attached hydrogens (tertiary/aromatic N) is 2. The van der Waals surface area contributed by atoms with Crippen LogP contribution in [0.15, 0.2) is 12.1 Å². The Morgan fingerprint density at radius 3 is 2.58 bits per heavy atom. The Hall–Kier alpha value is -2.16. The van der Waals surface area contributed by atoms with Crippen molar-refractivity contribution < 1.29 is 27.9 Å². The zero-order chi connectivity index (χ0) is 17.6. The van der Waals surface area contributed by atoms with Gasteiger partial charge in [-0.3, -0.25) is 9.59 Å². The predicted molar refractivity (Wildman–Crippen MR) is 81.1 cm³/mol. The lowest BCUT2D eigenvalue weighted by molar-refractivity contribution is -0.141. The number of alkyl halides is 3. The SMILES string of the molecule is Cc1c(C(=O)N(CC(=O)O)C2CC2)sc2nc(C(F)(F)F)ccc12. The maximum atomic E-state index is 12.8. The van der Waals surface area contributed by atoms with Gasteiger partial charge >= 0.3 is 12.1 Å². The first-order chi connectivity index (χ1) is 11.2. The van der Waals surface area contributed by atoms with Gasteiger partial charge in [-0.15, -0.1) is 11.3 Å². The van der Waals surface area contributed by atoms with Crippen LogP contribution in [0.3, 0.4) is 0 Å². The molecule has 0 spiro atoms. The molecule has 1 N–H and O–H groups in total. The highest BCUT2D eigenvalue weighted by Gasteiger charge is 2.36. The first-order valence-corrected chi connectivity index (χ1v) is 8.00. The van der Waals surface area contributed by atoms with Crippen LogP contribution >= 0.6 is 11.3 Å². The van der Waals surface area contributed by atoms with Crippen molar-refractivity contribution in [2.24, 2.45) is 0 Å². The van der Waals surface area contributed by atoms with Gasteiger partial charge in [0.2, 0.25) is 0 Å². The number of fused-ring (bicyclic) bond motifs is 1. The number of carbonyl (C=O) groups excluding carboxylic acids is 1. The molecule has 128 valence electrons. The van der Waals surface area contributed by atoms with Crippen LogP contribution in [-0.4, -0.2) is 39.5 Å². The molecule has 2 aromatic rings. The summed E-state index contributed by atoms with van der Waals surface area (Å²) >= 11 is 0.868. The zero-order valence-electron chi connectivity index (χ0n) is 12.6. The van der Waals surface area contributed by atoms with E-state index >= 15 is 0 Å². The van der Waals surface area contributed by atoms with Crippen LogP contribution in [0.2, 0.25) is 0 Å². The molecule has 0 radical (unpaired) electrons. The summed E-state index contributed by atoms with van der Waals surface area (Å²) in [5.74, 6) is -1.58. The zero-order valence-corrected chi connectivity index (χ0v) is 13.4. The van der Waals surface area contributed by atoms with Crippen molar-refractivity contribution in [2.75, 3.05) is 6.54 Å². The largest absolute Gasteiger partial charge is 0.480 e. The van der Waals surface area contributed by atoms with Crippen LogP contribution < -0.4 is 0 Å². The highest BCUT2D eigenvalue weighted by Crippen LogP contribution is 2.36. The van der Waals surface area contributed by atoms with E-state index in [0.717, 1.165) is 30.2 Å². The van der Waals surface area contributed by atoms with E-state index in [1.54, 1.807) is 6.92 Å². The lowest BCUT2D eigenvalue weighted by Gasteiger charge is -2.19. The number of aromatic nitrogens is 1. The third-order valence-electron chi connectivity index (χ3n) is 3.84. The molecule has 1 amide bonds. The summed E-state index contributed by atoms with van der Waals surface area (Å²) < 4.78 is 38.3. The molecule has 0 aromatic carbocycles. The minimum Gasteiger partial charge on any atom is -0.480 e. The molecular weight excluding hydrogens is 345 g/mol. The molecule has 2 heterocycles. The fourth-order valence-electron chi connectivity index (χ4n) is 2.49. The number of hydrogen-bond donors (Lipinski definition) is 1. The second-order valence-electron chi connectivity index (χ2n) is 5.66. The highest BCUT2D eigenvalue weighted by molar-refractivity contribution is 7.20. The fraction of sp³-hybridized carbons (Fsp3) is 0.400. The van der Waals surface area contributed by atoms with Crippen molar-refractivity contribution in [1.82, 2.24) is 9.88 Å². The van der Waals surface area contributed by atoms with Crippen LogP contribution in [0.5, 0.6) is 0 Å². The van der Waals surface area contributed by atoms with E-state index in [4.69, 9.17) is 5.11 Å². The molecule has 0 saturated heterocycles. The summed E-state index contributed by atoms with van der Waals surface area (Å²) in [5.41, 5.74) is -0.489. The van der Waals surface area contributed by atoms with E-state index in [2.05, 4.69) is 4.98 Å². The van der Waals surface area contributed by atoms with Crippen LogP contribution in [0.1, 0.15) is 33.8 Å². The average molecular weight is 358 g/mol. The van der Waals surface area contributed by atoms with E-state index in [1.165, 1.54) is 11.0 Å². The second kappa shape index (κ2) is 5.73. The Bertz CT molecular complexity index is 827. The van der Waals surface area contributed by atoms with Crippen LogP contribution in [0.4, 0.5) is 13.2 Å². The lowest BCUT2D eigenvalue weighted by atomic mass is 10.1. The standard InChI is InChI=1S/C15H13F3N2O3S/c1-7-9-4-5-10(15(16,17)18)19-13(9)24-12(7)14(23)20(6-11(21)22)8-2-3-8/h4-5,8H,2-3,6H2,1H3,(H,21,22). The topological polar surface area (TPSA) is 70.5 Å². The number of thiophene rings is 1. The molecule has 9 heteroatoms. The van der Waals surface area contributed by atoms with Gasteiger partial charge in [0.15, 0.2) is 0 Å². The first-order valence-electron chi connectivity index (χ1n) is 7.18. The van der Waals surface area contributed by atoms with Gasteiger partial charge in [-0.1, -0.05) is 0 Å². The highest BCUT2D eigenvalue weighted by atomic mass is 32.1. The molecule has 0 aliphatic heterocycles. The van der Waals surface area contributed by atoms with Crippen molar-refractivity contribution in [3.05, 3.63) is 28.3 Å². The van der Waals surface area contributed by atoms with Gasteiger partial charge in [0.1, 0.15) is 17.1 Å². The summed E-state index contributed by atoms with van der Waals surface area (Å²) in [6, 6.07) is 2.07. The maximum absolute atomic E-state index is 12.8. The average Bonchev–Trinajstić information content (AvgIpc) is 3.27. The normalized spacial score (nSPS) is 14.8. The van der Waals surface area contributed by atoms with E-state index < -0.39 is 30.3 Å². The van der Waals surface area contributed by atoms with Gasteiger partial charge in [0, 0.05) is 11.4 Å². The Labute approximate surface area is 138 Å². The molecular formula is C15H13F3N2O3S. The number of aliphatic carboxylic acids is 1. The van der Waals surface area contributed by atoms with Gasteiger partial charge in [-0.05, 0) is 37.5 Å². The molecule has 1 aliphatic carbocycles. The van der Waals surface area contributed by atoms with Gasteiger partial charge in [0.25, 0.3) is 5.91 Å². The minimum absolute atomic E-state index is 0.114. The summed E-state index contributed by atoms with van der Waals surface area (Å²) in [6.45, 7) is 1.21. The minimum atomic E-state index is -4.56. The Balaban J connectivity index is 2.01. The van der Waals surface area contributed by atoms with Crippen molar-refractivity contribution >= 4 is 33.4 Å². The molecule has 1 aliphatic rings. The van der Waals surface area contributed by atoms with E-state index in [1.807, 2.05) is 0 Å². The maximum Gasteiger partial charge on any atom is 0.433 e. The van der Waals surface area contributed by atoms with Gasteiger partial charge in [0.05, 0.1) is 4.88 Å². The Kier molecular flexibility index (Phi) is 3.98. The van der Waals surface area contributed by atoms with E-state index in [-0.39, 0.29) is 15.7 Å². The molecule has 5 nitrogen and oxygen atoms in total. The van der Waals surface area contributed by atoms with Crippen molar-refractivity contribution in [3.8, 4) is 0 Å². The third-order valence-corrected chi connectivity index (χ3v) is 5.03. The summed E-state index contributed by atoms with van der Waals surface area (Å²) in [5, 5.41) is 9.44. The second-order valence-corrected chi connectivity index (χ2v) is 6.66. The molecule has 1 saturated carbocycles. The van der Waals surface area contributed by atoms with Crippen LogP contribution in [0.25, 0.3) is 10.2 Å². The Morgan fingerprint density at radius 1 is 1.38 bits per heavy atom. The van der Waals surface area contributed by atoms with E-state index in [9.17, 15) is 22.8 Å². The van der Waals surface area contributed by atoms with Crippen molar-refractivity contribution in [3.63, 3.8) is 0 Å². The molecule has 2 aromatic heterocycles. The third kappa shape index (κ3) is 3.08. The van der Waals surface area contributed by atoms with Crippen molar-refractivity contribution in [1.29, 1.82) is 0 Å². The van der Waals surface area contributed by atoms with Gasteiger partial charge in [-0.25, -0.2) is 4.98 Å². The van der Waals surface area contributed by atoms with Gasteiger partial charge < -0.3 is 10.0 Å². The quantitative estimate of drug-likeness (QED) is 0.910. The van der Waals surface area contributed by atoms with Crippen LogP contribution in [-0.2, 0) is 11.0 Å². The molecule has 0 bridgehead atoms. The smallest absolute Gasteiger partial charge is 0.433 e. The molecule has 3 rings (SSSR count). The molecule has 0 atom stereocenters. The fourth-order valence-corrected chi connectivity index (χ4v) is 3.63. The monoisotopic (exact) mass is 358 g/mol. The Morgan fingerprint density at radius 2 is 2.04 bits per heavy atom. The molecule has 0 unspecified atom stereocenters. The van der Waals surface area contributed by atoms with E-state index in [0.29, 0.717) is 10.9 Å². The number of rotatable bonds is 4. The number of amides is 1. The number of hydrogen-bond acceptors (Lipinski definition) is 4. The number of carboxylic acids is 1. The molecule has 1 fully saturated rings. The summed E-state index contributed by atoms with van der Waals surface area (Å²) in [4.78, 5) is 28.8. The molecule has 24 heavy (non-hydrogen) atoms. The predicted octanol–water partition coefficient (Wildman–Crippen LogP) is 3.31. The number of aryl methyl sites for hydroxylation is 1. The first kappa shape index (κ1) is 16.7. The van der Waals surface area contributed by atoms with Gasteiger partial charge in [-0.2, -0.15) is 13.2 Å². The summed E-state index contributed by atoms with van der Waals surface area (Å²) in [6.07, 6.45) is -3.08. The number of carboxylic acid groups (broad SMARTS) is 1. The summed E-state index contributed by atoms with van der Waals surface area (Å²) in [7, 11) is 0. The number of pyridine rings is 1. The lowest BCUT2D eigenvalue weighted by Crippen LogP contribution is -2.37. The number of carbonyl (C=O) groups is 2. The number of halogens is 3. The van der Waals surface area contributed by atoms with Crippen LogP contribution in [0, 0.1) is 6.92 Å². The van der Waals surface area contributed by atoms with Crippen molar-refractivity contribution in [2.45, 2.75) is 32.0 Å².